The number of aryl methyl sites for hydroxylation is 2. The zero-order valence-electron chi connectivity index (χ0n) is 14.2. The first-order valence-electron chi connectivity index (χ1n) is 8.21. The SMILES string of the molecule is Cc1nn(-c2ccccc2)c2nc(C)n(Cc3ccccc3)c(=O)c12. The first kappa shape index (κ1) is 15.3. The Morgan fingerprint density at radius 3 is 2.24 bits per heavy atom. The molecule has 0 saturated carbocycles. The second-order valence-electron chi connectivity index (χ2n) is 6.07. The molecule has 2 aromatic heterocycles. The van der Waals surface area contributed by atoms with E-state index in [1.54, 1.807) is 9.25 Å². The first-order chi connectivity index (χ1) is 12.1. The third-order valence-electron chi connectivity index (χ3n) is 4.34. The summed E-state index contributed by atoms with van der Waals surface area (Å²) in [5.74, 6) is 0.679. The van der Waals surface area contributed by atoms with Crippen LogP contribution in [-0.4, -0.2) is 19.3 Å². The van der Waals surface area contributed by atoms with Crippen LogP contribution in [0.4, 0.5) is 0 Å². The summed E-state index contributed by atoms with van der Waals surface area (Å²) >= 11 is 0. The molecule has 5 nitrogen and oxygen atoms in total. The van der Waals surface area contributed by atoms with Crippen LogP contribution in [0.15, 0.2) is 65.5 Å². The van der Waals surface area contributed by atoms with E-state index in [4.69, 9.17) is 4.98 Å². The number of hydrogen-bond donors (Lipinski definition) is 0. The van der Waals surface area contributed by atoms with Gasteiger partial charge in [-0.05, 0) is 31.5 Å². The maximum atomic E-state index is 13.1. The van der Waals surface area contributed by atoms with Gasteiger partial charge in [-0.15, -0.1) is 0 Å². The minimum Gasteiger partial charge on any atom is -0.292 e. The largest absolute Gasteiger partial charge is 0.292 e. The summed E-state index contributed by atoms with van der Waals surface area (Å²) in [5.41, 5.74) is 3.22. The number of nitrogens with zero attached hydrogens (tertiary/aromatic N) is 4. The molecular weight excluding hydrogens is 312 g/mol. The zero-order chi connectivity index (χ0) is 17.4. The van der Waals surface area contributed by atoms with Gasteiger partial charge in [-0.3, -0.25) is 9.36 Å². The van der Waals surface area contributed by atoms with Gasteiger partial charge in [0.05, 0.1) is 17.9 Å². The lowest BCUT2D eigenvalue weighted by Crippen LogP contribution is -2.24. The Balaban J connectivity index is 1.92. The molecule has 0 fully saturated rings. The van der Waals surface area contributed by atoms with Crippen LogP contribution in [0.3, 0.4) is 0 Å². The molecule has 0 spiro atoms. The van der Waals surface area contributed by atoms with E-state index in [0.717, 1.165) is 11.3 Å². The fourth-order valence-corrected chi connectivity index (χ4v) is 3.07. The van der Waals surface area contributed by atoms with E-state index >= 15 is 0 Å². The number of aromatic nitrogens is 4. The van der Waals surface area contributed by atoms with E-state index in [9.17, 15) is 4.79 Å². The van der Waals surface area contributed by atoms with E-state index in [-0.39, 0.29) is 5.56 Å². The molecule has 124 valence electrons. The summed E-state index contributed by atoms with van der Waals surface area (Å²) in [4.78, 5) is 17.8. The van der Waals surface area contributed by atoms with E-state index in [1.165, 1.54) is 0 Å². The average Bonchev–Trinajstić information content (AvgIpc) is 2.96. The van der Waals surface area contributed by atoms with Gasteiger partial charge in [0.15, 0.2) is 5.65 Å². The van der Waals surface area contributed by atoms with Crippen molar-refractivity contribution in [1.29, 1.82) is 0 Å². The van der Waals surface area contributed by atoms with Crippen molar-refractivity contribution in [1.82, 2.24) is 19.3 Å². The minimum absolute atomic E-state index is 0.0500. The second kappa shape index (κ2) is 6.02. The third-order valence-corrected chi connectivity index (χ3v) is 4.34. The van der Waals surface area contributed by atoms with E-state index in [1.807, 2.05) is 74.5 Å². The van der Waals surface area contributed by atoms with Gasteiger partial charge < -0.3 is 0 Å². The number of hydrogen-bond acceptors (Lipinski definition) is 3. The summed E-state index contributed by atoms with van der Waals surface area (Å²) in [7, 11) is 0. The van der Waals surface area contributed by atoms with Crippen LogP contribution in [0.1, 0.15) is 17.1 Å². The fourth-order valence-electron chi connectivity index (χ4n) is 3.07. The molecule has 25 heavy (non-hydrogen) atoms. The lowest BCUT2D eigenvalue weighted by atomic mass is 10.2. The predicted molar refractivity (Wildman–Crippen MR) is 98.1 cm³/mol. The van der Waals surface area contributed by atoms with Crippen LogP contribution in [-0.2, 0) is 6.54 Å². The molecular formula is C20H18N4O. The zero-order valence-corrected chi connectivity index (χ0v) is 14.2. The normalized spacial score (nSPS) is 11.1. The highest BCUT2D eigenvalue weighted by molar-refractivity contribution is 5.78. The maximum Gasteiger partial charge on any atom is 0.265 e. The number of para-hydroxylation sites is 1. The standard InChI is InChI=1S/C20H18N4O/c1-14-18-19(24(22-14)17-11-7-4-8-12-17)21-15(2)23(20(18)25)13-16-9-5-3-6-10-16/h3-12H,13H2,1-2H3. The Morgan fingerprint density at radius 2 is 1.56 bits per heavy atom. The van der Waals surface area contributed by atoms with Gasteiger partial charge in [0.25, 0.3) is 5.56 Å². The maximum absolute atomic E-state index is 13.1. The topological polar surface area (TPSA) is 52.7 Å². The number of benzene rings is 2. The van der Waals surface area contributed by atoms with Gasteiger partial charge in [-0.25, -0.2) is 9.67 Å². The summed E-state index contributed by atoms with van der Waals surface area (Å²) in [6, 6.07) is 19.7. The molecule has 0 aliphatic carbocycles. The van der Waals surface area contributed by atoms with E-state index in [2.05, 4.69) is 5.10 Å². The van der Waals surface area contributed by atoms with Crippen molar-refractivity contribution < 1.29 is 0 Å². The lowest BCUT2D eigenvalue weighted by molar-refractivity contribution is 0.710. The summed E-state index contributed by atoms with van der Waals surface area (Å²) in [6.45, 7) is 4.22. The molecule has 0 amide bonds. The molecule has 0 aliphatic rings. The van der Waals surface area contributed by atoms with Gasteiger partial charge >= 0.3 is 0 Å². The van der Waals surface area contributed by atoms with Crippen molar-refractivity contribution in [2.75, 3.05) is 0 Å². The molecule has 5 heteroatoms. The molecule has 0 unspecified atom stereocenters. The molecule has 2 heterocycles. The van der Waals surface area contributed by atoms with Crippen LogP contribution in [0, 0.1) is 13.8 Å². The fraction of sp³-hybridized carbons (Fsp3) is 0.150. The van der Waals surface area contributed by atoms with Crippen molar-refractivity contribution in [3.8, 4) is 5.69 Å². The van der Waals surface area contributed by atoms with Gasteiger partial charge in [0, 0.05) is 0 Å². The molecule has 0 saturated heterocycles. The molecule has 2 aromatic carbocycles. The minimum atomic E-state index is -0.0500. The Hall–Kier alpha value is -3.21. The van der Waals surface area contributed by atoms with Crippen molar-refractivity contribution >= 4 is 11.0 Å². The van der Waals surface area contributed by atoms with Crippen LogP contribution in [0.25, 0.3) is 16.7 Å². The monoisotopic (exact) mass is 330 g/mol. The first-order valence-corrected chi connectivity index (χ1v) is 8.21. The molecule has 0 N–H and O–H groups in total. The Bertz CT molecular complexity index is 1100. The Morgan fingerprint density at radius 1 is 0.920 bits per heavy atom. The highest BCUT2D eigenvalue weighted by Crippen LogP contribution is 2.18. The lowest BCUT2D eigenvalue weighted by Gasteiger charge is -2.10. The predicted octanol–water partition coefficient (Wildman–Crippen LogP) is 3.25. The quantitative estimate of drug-likeness (QED) is 0.579. The number of rotatable bonds is 3. The Labute approximate surface area is 145 Å². The molecule has 0 radical (unpaired) electrons. The summed E-state index contributed by atoms with van der Waals surface area (Å²) in [5, 5.41) is 5.13. The summed E-state index contributed by atoms with van der Waals surface area (Å²) in [6.07, 6.45) is 0. The molecule has 0 atom stereocenters. The molecule has 4 aromatic rings. The molecule has 0 aliphatic heterocycles. The van der Waals surface area contributed by atoms with Crippen molar-refractivity contribution in [3.05, 3.63) is 88.1 Å². The highest BCUT2D eigenvalue weighted by Gasteiger charge is 2.17. The van der Waals surface area contributed by atoms with E-state index < -0.39 is 0 Å². The highest BCUT2D eigenvalue weighted by atomic mass is 16.1. The van der Waals surface area contributed by atoms with Crippen LogP contribution in [0.5, 0.6) is 0 Å². The van der Waals surface area contributed by atoms with Crippen LogP contribution >= 0.6 is 0 Å². The van der Waals surface area contributed by atoms with Crippen LogP contribution < -0.4 is 5.56 Å². The van der Waals surface area contributed by atoms with Gasteiger partial charge in [0.2, 0.25) is 0 Å². The van der Waals surface area contributed by atoms with Crippen molar-refractivity contribution in [2.24, 2.45) is 0 Å². The Kier molecular flexibility index (Phi) is 3.69. The average molecular weight is 330 g/mol. The molecule has 0 bridgehead atoms. The third kappa shape index (κ3) is 2.63. The number of fused-ring (bicyclic) bond motifs is 1. The van der Waals surface area contributed by atoms with Gasteiger partial charge in [-0.1, -0.05) is 48.5 Å². The van der Waals surface area contributed by atoms with Crippen molar-refractivity contribution in [2.45, 2.75) is 20.4 Å². The van der Waals surface area contributed by atoms with Crippen LogP contribution in [0.2, 0.25) is 0 Å². The summed E-state index contributed by atoms with van der Waals surface area (Å²) < 4.78 is 3.45. The second-order valence-corrected chi connectivity index (χ2v) is 6.07. The molecule has 4 rings (SSSR count). The van der Waals surface area contributed by atoms with Crippen molar-refractivity contribution in [3.63, 3.8) is 0 Å². The van der Waals surface area contributed by atoms with Gasteiger partial charge in [-0.2, -0.15) is 5.10 Å². The van der Waals surface area contributed by atoms with E-state index in [0.29, 0.717) is 29.1 Å². The van der Waals surface area contributed by atoms with Gasteiger partial charge in [0.1, 0.15) is 11.2 Å². The smallest absolute Gasteiger partial charge is 0.265 e.